The molecule has 0 radical (unpaired) electrons. The van der Waals surface area contributed by atoms with E-state index in [1.165, 1.54) is 0 Å². The largest absolute Gasteiger partial charge is 0.338 e. The maximum atomic E-state index is 11.6. The van der Waals surface area contributed by atoms with Gasteiger partial charge in [0.1, 0.15) is 0 Å². The summed E-state index contributed by atoms with van der Waals surface area (Å²) >= 11 is 0. The van der Waals surface area contributed by atoms with Gasteiger partial charge in [0.15, 0.2) is 0 Å². The van der Waals surface area contributed by atoms with E-state index in [9.17, 15) is 9.59 Å². The molecule has 2 rings (SSSR count). The van der Waals surface area contributed by atoms with Crippen molar-refractivity contribution in [2.24, 2.45) is 11.7 Å². The van der Waals surface area contributed by atoms with Crippen LogP contribution in [0.4, 0.5) is 0 Å². The minimum atomic E-state index is -0.0569. The Morgan fingerprint density at radius 3 is 2.47 bits per heavy atom. The van der Waals surface area contributed by atoms with Gasteiger partial charge in [-0.25, -0.2) is 0 Å². The van der Waals surface area contributed by atoms with Crippen LogP contribution in [0.1, 0.15) is 12.8 Å². The second kappa shape index (κ2) is 3.81. The van der Waals surface area contributed by atoms with E-state index in [4.69, 9.17) is 5.73 Å². The van der Waals surface area contributed by atoms with Crippen LogP contribution in [0, 0.1) is 5.92 Å². The molecule has 1 saturated heterocycles. The van der Waals surface area contributed by atoms with Gasteiger partial charge in [-0.05, 0) is 12.8 Å². The van der Waals surface area contributed by atoms with Gasteiger partial charge in [-0.15, -0.1) is 0 Å². The van der Waals surface area contributed by atoms with E-state index in [1.807, 2.05) is 4.90 Å². The zero-order valence-corrected chi connectivity index (χ0v) is 8.98. The minimum Gasteiger partial charge on any atom is -0.338 e. The Morgan fingerprint density at radius 2 is 2.00 bits per heavy atom. The predicted molar refractivity (Wildman–Crippen MR) is 54.9 cm³/mol. The molecule has 15 heavy (non-hydrogen) atoms. The highest BCUT2D eigenvalue weighted by Crippen LogP contribution is 2.32. The van der Waals surface area contributed by atoms with Crippen LogP contribution in [0.2, 0.25) is 0 Å². The number of amides is 2. The average Bonchev–Trinajstić information content (AvgIpc) is 2.96. The first-order chi connectivity index (χ1) is 7.13. The van der Waals surface area contributed by atoms with Crippen molar-refractivity contribution >= 4 is 11.8 Å². The summed E-state index contributed by atoms with van der Waals surface area (Å²) < 4.78 is 0. The van der Waals surface area contributed by atoms with Crippen molar-refractivity contribution in [3.63, 3.8) is 0 Å². The number of nitrogens with zero attached hydrogens (tertiary/aromatic N) is 2. The van der Waals surface area contributed by atoms with Crippen LogP contribution < -0.4 is 5.73 Å². The molecule has 2 fully saturated rings. The van der Waals surface area contributed by atoms with E-state index in [-0.39, 0.29) is 30.3 Å². The molecule has 0 aromatic heterocycles. The van der Waals surface area contributed by atoms with Gasteiger partial charge in [0.2, 0.25) is 11.8 Å². The van der Waals surface area contributed by atoms with E-state index in [1.54, 1.807) is 11.9 Å². The summed E-state index contributed by atoms with van der Waals surface area (Å²) in [5.41, 5.74) is 5.27. The lowest BCUT2D eigenvalue weighted by Gasteiger charge is -2.44. The second-order valence-corrected chi connectivity index (χ2v) is 4.38. The van der Waals surface area contributed by atoms with E-state index < -0.39 is 0 Å². The molecule has 1 heterocycles. The maximum Gasteiger partial charge on any atom is 0.236 e. The summed E-state index contributed by atoms with van der Waals surface area (Å²) in [6, 6.07) is 0.170. The number of hydrogen-bond donors (Lipinski definition) is 1. The Bertz CT molecular complexity index is 282. The van der Waals surface area contributed by atoms with Gasteiger partial charge >= 0.3 is 0 Å². The average molecular weight is 211 g/mol. The van der Waals surface area contributed by atoms with Crippen molar-refractivity contribution in [1.29, 1.82) is 0 Å². The minimum absolute atomic E-state index is 0.0452. The third kappa shape index (κ3) is 1.97. The number of rotatable bonds is 3. The van der Waals surface area contributed by atoms with Crippen LogP contribution >= 0.6 is 0 Å². The Kier molecular flexibility index (Phi) is 2.65. The number of likely N-dealkylation sites (N-methyl/N-ethyl adjacent to an activating group) is 1. The van der Waals surface area contributed by atoms with E-state index in [0.717, 1.165) is 12.8 Å². The monoisotopic (exact) mass is 211 g/mol. The Labute approximate surface area is 89.2 Å². The van der Waals surface area contributed by atoms with Crippen LogP contribution in [0.15, 0.2) is 0 Å². The quantitative estimate of drug-likeness (QED) is 0.653. The summed E-state index contributed by atoms with van der Waals surface area (Å²) in [7, 11) is 1.75. The smallest absolute Gasteiger partial charge is 0.236 e. The maximum absolute atomic E-state index is 11.6. The van der Waals surface area contributed by atoms with Gasteiger partial charge in [-0.3, -0.25) is 9.59 Å². The van der Waals surface area contributed by atoms with Gasteiger partial charge in [-0.1, -0.05) is 0 Å². The number of hydrogen-bond acceptors (Lipinski definition) is 3. The fraction of sp³-hybridized carbons (Fsp3) is 0.800. The highest BCUT2D eigenvalue weighted by Gasteiger charge is 2.40. The first-order valence-corrected chi connectivity index (χ1v) is 5.38. The molecular weight excluding hydrogens is 194 g/mol. The van der Waals surface area contributed by atoms with Crippen molar-refractivity contribution < 1.29 is 9.59 Å². The van der Waals surface area contributed by atoms with Gasteiger partial charge in [0.25, 0.3) is 0 Å². The topological polar surface area (TPSA) is 66.6 Å². The number of carbonyl (C=O) groups is 2. The number of nitrogens with two attached hydrogens (primary N) is 1. The first kappa shape index (κ1) is 10.4. The Hall–Kier alpha value is -1.10. The van der Waals surface area contributed by atoms with E-state index in [2.05, 4.69) is 0 Å². The molecule has 0 unspecified atom stereocenters. The molecule has 1 aliphatic carbocycles. The lowest BCUT2D eigenvalue weighted by molar-refractivity contribution is -0.145. The summed E-state index contributed by atoms with van der Waals surface area (Å²) in [5, 5.41) is 0. The zero-order chi connectivity index (χ0) is 11.0. The van der Waals surface area contributed by atoms with Gasteiger partial charge in [0.05, 0.1) is 12.6 Å². The molecule has 0 spiro atoms. The third-order valence-electron chi connectivity index (χ3n) is 3.22. The number of likely N-dealkylation sites (tertiary alicyclic amines) is 1. The van der Waals surface area contributed by atoms with Crippen LogP contribution in [0.3, 0.4) is 0 Å². The van der Waals surface area contributed by atoms with Gasteiger partial charge < -0.3 is 15.5 Å². The lowest BCUT2D eigenvalue weighted by atomic mass is 10.1. The molecule has 0 bridgehead atoms. The van der Waals surface area contributed by atoms with E-state index in [0.29, 0.717) is 13.1 Å². The summed E-state index contributed by atoms with van der Waals surface area (Å²) in [5.74, 6) is 0.486. The molecule has 5 heteroatoms. The molecule has 0 aromatic carbocycles. The normalized spacial score (nSPS) is 21.1. The van der Waals surface area contributed by atoms with Crippen molar-refractivity contribution in [1.82, 2.24) is 9.80 Å². The van der Waals surface area contributed by atoms with Crippen LogP contribution in [0.5, 0.6) is 0 Å². The highest BCUT2D eigenvalue weighted by atomic mass is 16.2. The predicted octanol–water partition coefficient (Wildman–Crippen LogP) is -0.976. The summed E-state index contributed by atoms with van der Waals surface area (Å²) in [6.07, 6.45) is 2.08. The van der Waals surface area contributed by atoms with Crippen LogP contribution in [0.25, 0.3) is 0 Å². The molecule has 5 nitrogen and oxygen atoms in total. The van der Waals surface area contributed by atoms with Crippen molar-refractivity contribution in [2.75, 3.05) is 26.7 Å². The third-order valence-corrected chi connectivity index (χ3v) is 3.22. The van der Waals surface area contributed by atoms with Crippen molar-refractivity contribution in [2.45, 2.75) is 18.9 Å². The van der Waals surface area contributed by atoms with Crippen molar-refractivity contribution in [3.8, 4) is 0 Å². The molecule has 0 atom stereocenters. The molecule has 2 amide bonds. The zero-order valence-electron chi connectivity index (χ0n) is 8.98. The molecule has 84 valence electrons. The highest BCUT2D eigenvalue weighted by molar-refractivity contribution is 5.83. The Morgan fingerprint density at radius 1 is 1.40 bits per heavy atom. The van der Waals surface area contributed by atoms with Crippen LogP contribution in [-0.2, 0) is 9.59 Å². The molecule has 0 aromatic rings. The van der Waals surface area contributed by atoms with Crippen molar-refractivity contribution in [3.05, 3.63) is 0 Å². The fourth-order valence-electron chi connectivity index (χ4n) is 1.82. The number of carbonyl (C=O) groups excluding carboxylic acids is 2. The Balaban J connectivity index is 1.77. The van der Waals surface area contributed by atoms with Crippen LogP contribution in [-0.4, -0.2) is 54.3 Å². The summed E-state index contributed by atoms with van der Waals surface area (Å²) in [4.78, 5) is 26.3. The summed E-state index contributed by atoms with van der Waals surface area (Å²) in [6.45, 7) is 1.40. The SMILES string of the molecule is CN(C(=O)CN)C1CN(C(=O)C2CC2)C1. The lowest BCUT2D eigenvalue weighted by Crippen LogP contribution is -2.62. The molecule has 2 aliphatic rings. The van der Waals surface area contributed by atoms with E-state index >= 15 is 0 Å². The molecule has 1 aliphatic heterocycles. The standard InChI is InChI=1S/C10H17N3O2/c1-12(9(14)4-11)8-5-13(6-8)10(15)7-2-3-7/h7-8H,2-6,11H2,1H3. The van der Waals surface area contributed by atoms with Gasteiger partial charge in [0, 0.05) is 26.1 Å². The molecular formula is C10H17N3O2. The first-order valence-electron chi connectivity index (χ1n) is 5.38. The molecule has 1 saturated carbocycles. The second-order valence-electron chi connectivity index (χ2n) is 4.38. The molecule has 2 N–H and O–H groups in total. The van der Waals surface area contributed by atoms with Gasteiger partial charge in [-0.2, -0.15) is 0 Å². The fourth-order valence-corrected chi connectivity index (χ4v) is 1.82.